The molecule has 0 fully saturated rings. The van der Waals surface area contributed by atoms with Gasteiger partial charge in [0.1, 0.15) is 5.82 Å². The number of rotatable bonds is 4. The van der Waals surface area contributed by atoms with Crippen LogP contribution in [0.2, 0.25) is 0 Å². The third-order valence-electron chi connectivity index (χ3n) is 2.80. The van der Waals surface area contributed by atoms with Gasteiger partial charge < -0.3 is 10.0 Å². The highest BCUT2D eigenvalue weighted by atomic mass is 32.2. The van der Waals surface area contributed by atoms with Crippen molar-refractivity contribution >= 4 is 24.3 Å². The molecule has 104 valence electrons. The molecule has 1 aromatic carbocycles. The van der Waals surface area contributed by atoms with Gasteiger partial charge in [-0.25, -0.2) is 9.37 Å². The maximum absolute atomic E-state index is 13.4. The lowest BCUT2D eigenvalue weighted by Gasteiger charge is -2.07. The van der Waals surface area contributed by atoms with E-state index in [9.17, 15) is 4.39 Å². The Labute approximate surface area is 122 Å². The van der Waals surface area contributed by atoms with Crippen molar-refractivity contribution in [3.63, 3.8) is 0 Å². The van der Waals surface area contributed by atoms with E-state index < -0.39 is 12.9 Å². The van der Waals surface area contributed by atoms with Crippen LogP contribution in [-0.4, -0.2) is 22.2 Å². The lowest BCUT2D eigenvalue weighted by atomic mass is 9.79. The van der Waals surface area contributed by atoms with Crippen molar-refractivity contribution in [3.05, 3.63) is 53.0 Å². The molecule has 0 aliphatic rings. The Hall–Kier alpha value is -1.37. The molecule has 0 saturated carbocycles. The van der Waals surface area contributed by atoms with E-state index in [1.54, 1.807) is 6.07 Å². The molecule has 0 bridgehead atoms. The van der Waals surface area contributed by atoms with Crippen LogP contribution in [0.15, 0.2) is 35.4 Å². The number of aromatic nitrogens is 1. The average Bonchev–Trinajstić information content (AvgIpc) is 2.36. The van der Waals surface area contributed by atoms with Crippen molar-refractivity contribution in [1.82, 2.24) is 4.98 Å². The van der Waals surface area contributed by atoms with Gasteiger partial charge in [-0.05, 0) is 43.2 Å². The molecular formula is C14H15BFNO2S. The van der Waals surface area contributed by atoms with Crippen LogP contribution in [0.5, 0.6) is 0 Å². The van der Waals surface area contributed by atoms with Crippen molar-refractivity contribution in [2.24, 2.45) is 0 Å². The predicted molar refractivity (Wildman–Crippen MR) is 79.5 cm³/mol. The maximum atomic E-state index is 13.4. The van der Waals surface area contributed by atoms with Crippen LogP contribution in [0.3, 0.4) is 0 Å². The van der Waals surface area contributed by atoms with E-state index in [4.69, 9.17) is 10.0 Å². The summed E-state index contributed by atoms with van der Waals surface area (Å²) in [5.74, 6) is -0.0196. The van der Waals surface area contributed by atoms with E-state index in [1.807, 2.05) is 26.0 Å². The number of nitrogens with zero attached hydrogens (tertiary/aromatic N) is 1. The quantitative estimate of drug-likeness (QED) is 0.666. The van der Waals surface area contributed by atoms with Gasteiger partial charge in [0.25, 0.3) is 0 Å². The minimum atomic E-state index is -1.79. The van der Waals surface area contributed by atoms with E-state index in [1.165, 1.54) is 23.9 Å². The van der Waals surface area contributed by atoms with E-state index >= 15 is 0 Å². The van der Waals surface area contributed by atoms with Crippen LogP contribution >= 0.6 is 11.8 Å². The fourth-order valence-electron chi connectivity index (χ4n) is 1.92. The summed E-state index contributed by atoms with van der Waals surface area (Å²) in [7, 11) is -1.79. The number of aryl methyl sites for hydroxylation is 2. The van der Waals surface area contributed by atoms with Crippen LogP contribution in [0.25, 0.3) is 0 Å². The fraction of sp³-hybridized carbons (Fsp3) is 0.214. The summed E-state index contributed by atoms with van der Waals surface area (Å²) >= 11 is 1.53. The van der Waals surface area contributed by atoms with E-state index in [2.05, 4.69) is 4.98 Å². The lowest BCUT2D eigenvalue weighted by molar-refractivity contribution is 0.423. The van der Waals surface area contributed by atoms with Gasteiger partial charge in [0, 0.05) is 16.9 Å². The summed E-state index contributed by atoms with van der Waals surface area (Å²) in [4.78, 5) is 4.41. The Kier molecular flexibility index (Phi) is 4.80. The van der Waals surface area contributed by atoms with E-state index in [0.717, 1.165) is 21.8 Å². The van der Waals surface area contributed by atoms with Gasteiger partial charge in [0.05, 0.1) is 5.03 Å². The zero-order chi connectivity index (χ0) is 14.7. The number of hydrogen-bond acceptors (Lipinski definition) is 4. The Morgan fingerprint density at radius 3 is 2.60 bits per heavy atom. The molecule has 2 aromatic rings. The molecule has 0 saturated heterocycles. The van der Waals surface area contributed by atoms with Crippen molar-refractivity contribution in [2.45, 2.75) is 24.6 Å². The van der Waals surface area contributed by atoms with E-state index in [-0.39, 0.29) is 5.46 Å². The number of benzene rings is 1. The zero-order valence-electron chi connectivity index (χ0n) is 11.3. The van der Waals surface area contributed by atoms with Gasteiger partial charge in [0.2, 0.25) is 0 Å². The molecule has 1 aromatic heterocycles. The van der Waals surface area contributed by atoms with Gasteiger partial charge in [-0.3, -0.25) is 0 Å². The monoisotopic (exact) mass is 291 g/mol. The summed E-state index contributed by atoms with van der Waals surface area (Å²) in [5.41, 5.74) is 2.82. The maximum Gasteiger partial charge on any atom is 0.491 e. The van der Waals surface area contributed by atoms with Crippen LogP contribution < -0.4 is 5.46 Å². The summed E-state index contributed by atoms with van der Waals surface area (Å²) in [5, 5.41) is 19.1. The first-order chi connectivity index (χ1) is 9.45. The molecule has 2 rings (SSSR count). The van der Waals surface area contributed by atoms with Crippen molar-refractivity contribution in [3.8, 4) is 0 Å². The zero-order valence-corrected chi connectivity index (χ0v) is 12.1. The van der Waals surface area contributed by atoms with Gasteiger partial charge in [-0.1, -0.05) is 12.1 Å². The highest BCUT2D eigenvalue weighted by molar-refractivity contribution is 7.98. The van der Waals surface area contributed by atoms with Crippen LogP contribution in [-0.2, 0) is 5.75 Å². The summed E-state index contributed by atoms with van der Waals surface area (Å²) in [6.45, 7) is 3.95. The molecule has 2 N–H and O–H groups in total. The third-order valence-corrected chi connectivity index (χ3v) is 3.78. The second-order valence-corrected chi connectivity index (χ2v) is 5.64. The number of pyridine rings is 1. The Bertz CT molecular complexity index is 602. The van der Waals surface area contributed by atoms with Crippen LogP contribution in [0.1, 0.15) is 16.8 Å². The smallest absolute Gasteiger partial charge is 0.423 e. The summed E-state index contributed by atoms with van der Waals surface area (Å²) in [6.07, 6.45) is 0. The van der Waals surface area contributed by atoms with Crippen molar-refractivity contribution in [2.75, 3.05) is 0 Å². The predicted octanol–water partition coefficient (Wildman–Crippen LogP) is 1.81. The Morgan fingerprint density at radius 2 is 1.95 bits per heavy atom. The Balaban J connectivity index is 2.12. The molecule has 0 radical (unpaired) electrons. The molecule has 1 heterocycles. The molecule has 20 heavy (non-hydrogen) atoms. The molecule has 0 aliphatic carbocycles. The minimum Gasteiger partial charge on any atom is -0.423 e. The molecule has 0 amide bonds. The minimum absolute atomic E-state index is 0.100. The molecule has 3 nitrogen and oxygen atoms in total. The molecule has 0 spiro atoms. The normalized spacial score (nSPS) is 10.7. The van der Waals surface area contributed by atoms with Crippen LogP contribution in [0, 0.1) is 19.7 Å². The molecular weight excluding hydrogens is 276 g/mol. The van der Waals surface area contributed by atoms with Gasteiger partial charge >= 0.3 is 7.12 Å². The number of halogens is 1. The SMILES string of the molecule is Cc1cc(C)nc(SCc2ccc(F)c(B(O)O)c2)c1. The van der Waals surface area contributed by atoms with Gasteiger partial charge in [-0.2, -0.15) is 0 Å². The molecule has 6 heteroatoms. The molecule has 0 aliphatic heterocycles. The molecule has 0 atom stereocenters. The first kappa shape index (κ1) is 15.0. The van der Waals surface area contributed by atoms with Crippen molar-refractivity contribution in [1.29, 1.82) is 0 Å². The average molecular weight is 291 g/mol. The summed E-state index contributed by atoms with van der Waals surface area (Å²) in [6, 6.07) is 8.34. The number of thioether (sulfide) groups is 1. The highest BCUT2D eigenvalue weighted by Crippen LogP contribution is 2.22. The number of hydrogen-bond donors (Lipinski definition) is 2. The van der Waals surface area contributed by atoms with Crippen LogP contribution in [0.4, 0.5) is 4.39 Å². The molecule has 0 unspecified atom stereocenters. The van der Waals surface area contributed by atoms with E-state index in [0.29, 0.717) is 5.75 Å². The van der Waals surface area contributed by atoms with Gasteiger partial charge in [0.15, 0.2) is 0 Å². The first-order valence-electron chi connectivity index (χ1n) is 6.18. The van der Waals surface area contributed by atoms with Crippen molar-refractivity contribution < 1.29 is 14.4 Å². The second kappa shape index (κ2) is 6.39. The summed E-state index contributed by atoms with van der Waals surface area (Å²) < 4.78 is 13.4. The standard InChI is InChI=1S/C14H15BFNO2S/c1-9-5-10(2)17-14(6-9)20-8-11-3-4-13(16)12(7-11)15(18)19/h3-7,18-19H,8H2,1-2H3. The third kappa shape index (κ3) is 3.82. The topological polar surface area (TPSA) is 53.4 Å². The first-order valence-corrected chi connectivity index (χ1v) is 7.17. The fourth-order valence-corrected chi connectivity index (χ4v) is 2.89. The second-order valence-electron chi connectivity index (χ2n) is 4.64. The van der Waals surface area contributed by atoms with Gasteiger partial charge in [-0.15, -0.1) is 11.8 Å². The lowest BCUT2D eigenvalue weighted by Crippen LogP contribution is -2.33. The largest absolute Gasteiger partial charge is 0.491 e. The Morgan fingerprint density at radius 1 is 1.20 bits per heavy atom. The highest BCUT2D eigenvalue weighted by Gasteiger charge is 2.16.